The maximum atomic E-state index is 12.0. The molecule has 25 heavy (non-hydrogen) atoms. The minimum absolute atomic E-state index is 0.0980. The van der Waals surface area contributed by atoms with Gasteiger partial charge < -0.3 is 10.1 Å². The Morgan fingerprint density at radius 2 is 1.92 bits per heavy atom. The SMILES string of the molecule is Cc1cc(OCCCC(=O)Nc2ccc(Cl)cc2Cl)ccc1C(C)C. The van der Waals surface area contributed by atoms with E-state index < -0.39 is 0 Å². The Kier molecular flexibility index (Phi) is 7.15. The van der Waals surface area contributed by atoms with Gasteiger partial charge in [0.1, 0.15) is 5.75 Å². The van der Waals surface area contributed by atoms with E-state index in [4.69, 9.17) is 27.9 Å². The fraction of sp³-hybridized carbons (Fsp3) is 0.350. The standard InChI is InChI=1S/C20H23Cl2NO2/c1-13(2)17-8-7-16(11-14(17)3)25-10-4-5-20(24)23-19-9-6-15(21)12-18(19)22/h6-9,11-13H,4-5,10H2,1-3H3,(H,23,24). The Labute approximate surface area is 159 Å². The molecule has 1 N–H and O–H groups in total. The van der Waals surface area contributed by atoms with Gasteiger partial charge >= 0.3 is 0 Å². The quantitative estimate of drug-likeness (QED) is 0.579. The van der Waals surface area contributed by atoms with Crippen LogP contribution in [0.2, 0.25) is 10.0 Å². The van der Waals surface area contributed by atoms with Crippen molar-refractivity contribution < 1.29 is 9.53 Å². The molecule has 0 radical (unpaired) electrons. The summed E-state index contributed by atoms with van der Waals surface area (Å²) in [6.07, 6.45) is 0.990. The van der Waals surface area contributed by atoms with Crippen molar-refractivity contribution in [3.63, 3.8) is 0 Å². The van der Waals surface area contributed by atoms with Gasteiger partial charge in [0.15, 0.2) is 0 Å². The lowest BCUT2D eigenvalue weighted by molar-refractivity contribution is -0.116. The molecular formula is C20H23Cl2NO2. The molecule has 0 atom stereocenters. The Balaban J connectivity index is 1.77. The zero-order chi connectivity index (χ0) is 18.4. The largest absolute Gasteiger partial charge is 0.494 e. The van der Waals surface area contributed by atoms with E-state index in [0.717, 1.165) is 5.75 Å². The van der Waals surface area contributed by atoms with Gasteiger partial charge in [-0.1, -0.05) is 43.1 Å². The summed E-state index contributed by atoms with van der Waals surface area (Å²) in [5, 5.41) is 3.75. The maximum absolute atomic E-state index is 12.0. The molecule has 0 heterocycles. The molecule has 0 saturated heterocycles. The van der Waals surface area contributed by atoms with E-state index in [9.17, 15) is 4.79 Å². The molecule has 0 bridgehead atoms. The fourth-order valence-electron chi connectivity index (χ4n) is 2.61. The van der Waals surface area contributed by atoms with E-state index in [0.29, 0.717) is 41.1 Å². The molecular weight excluding hydrogens is 357 g/mol. The molecule has 0 aliphatic rings. The third kappa shape index (κ3) is 5.94. The van der Waals surface area contributed by atoms with Crippen LogP contribution in [0.15, 0.2) is 36.4 Å². The summed E-state index contributed by atoms with van der Waals surface area (Å²) in [6, 6.07) is 11.1. The van der Waals surface area contributed by atoms with E-state index in [-0.39, 0.29) is 5.91 Å². The van der Waals surface area contributed by atoms with Crippen molar-refractivity contribution in [1.29, 1.82) is 0 Å². The van der Waals surface area contributed by atoms with Crippen molar-refractivity contribution >= 4 is 34.8 Å². The van der Waals surface area contributed by atoms with Crippen molar-refractivity contribution in [2.45, 2.75) is 39.5 Å². The number of rotatable bonds is 7. The summed E-state index contributed by atoms with van der Waals surface area (Å²) in [6.45, 7) is 6.93. The van der Waals surface area contributed by atoms with E-state index in [1.807, 2.05) is 12.1 Å². The van der Waals surface area contributed by atoms with Crippen LogP contribution in [0.3, 0.4) is 0 Å². The second kappa shape index (κ2) is 9.12. The summed E-state index contributed by atoms with van der Waals surface area (Å²) >= 11 is 11.9. The number of benzene rings is 2. The number of amides is 1. The van der Waals surface area contributed by atoms with Crippen molar-refractivity contribution in [3.8, 4) is 5.75 Å². The molecule has 2 aromatic carbocycles. The second-order valence-electron chi connectivity index (χ2n) is 6.30. The van der Waals surface area contributed by atoms with E-state index >= 15 is 0 Å². The molecule has 0 aromatic heterocycles. The fourth-order valence-corrected chi connectivity index (χ4v) is 3.07. The summed E-state index contributed by atoms with van der Waals surface area (Å²) in [4.78, 5) is 12.0. The number of carbonyl (C=O) groups excluding carboxylic acids is 1. The number of hydrogen-bond donors (Lipinski definition) is 1. The minimum atomic E-state index is -0.0980. The number of halogens is 2. The summed E-state index contributed by atoms with van der Waals surface area (Å²) in [7, 11) is 0. The maximum Gasteiger partial charge on any atom is 0.224 e. The first kappa shape index (κ1) is 19.6. The Hall–Kier alpha value is -1.71. The number of hydrogen-bond acceptors (Lipinski definition) is 2. The molecule has 2 rings (SSSR count). The molecule has 134 valence electrons. The highest BCUT2D eigenvalue weighted by molar-refractivity contribution is 6.36. The van der Waals surface area contributed by atoms with Crippen LogP contribution >= 0.6 is 23.2 Å². The average Bonchev–Trinajstić information content (AvgIpc) is 2.54. The van der Waals surface area contributed by atoms with Crippen molar-refractivity contribution in [2.75, 3.05) is 11.9 Å². The first-order chi connectivity index (χ1) is 11.9. The van der Waals surface area contributed by atoms with E-state index in [2.05, 4.69) is 32.2 Å². The normalized spacial score (nSPS) is 10.8. The molecule has 0 fully saturated rings. The Morgan fingerprint density at radius 1 is 1.16 bits per heavy atom. The number of nitrogens with one attached hydrogen (secondary N) is 1. The van der Waals surface area contributed by atoms with Gasteiger partial charge in [0.25, 0.3) is 0 Å². The van der Waals surface area contributed by atoms with Gasteiger partial charge in [0.2, 0.25) is 5.91 Å². The molecule has 0 spiro atoms. The van der Waals surface area contributed by atoms with Crippen LogP contribution in [-0.4, -0.2) is 12.5 Å². The van der Waals surface area contributed by atoms with Gasteiger partial charge in [-0.2, -0.15) is 0 Å². The zero-order valence-corrected chi connectivity index (χ0v) is 16.2. The number of aryl methyl sites for hydroxylation is 1. The molecule has 0 unspecified atom stereocenters. The third-order valence-corrected chi connectivity index (χ3v) is 4.43. The van der Waals surface area contributed by atoms with Crippen LogP contribution in [0.25, 0.3) is 0 Å². The smallest absolute Gasteiger partial charge is 0.224 e. The summed E-state index contributed by atoms with van der Waals surface area (Å²) in [5.41, 5.74) is 3.12. The van der Waals surface area contributed by atoms with Crippen LogP contribution in [0.1, 0.15) is 43.7 Å². The summed E-state index contributed by atoms with van der Waals surface area (Å²) in [5.74, 6) is 1.24. The van der Waals surface area contributed by atoms with E-state index in [1.54, 1.807) is 18.2 Å². The molecule has 0 aliphatic heterocycles. The molecule has 0 aliphatic carbocycles. The Bertz CT molecular complexity index is 744. The lowest BCUT2D eigenvalue weighted by Crippen LogP contribution is -2.13. The monoisotopic (exact) mass is 379 g/mol. The predicted octanol–water partition coefficient (Wildman–Crippen LogP) is 6.22. The highest BCUT2D eigenvalue weighted by Gasteiger charge is 2.07. The van der Waals surface area contributed by atoms with Crippen LogP contribution in [0, 0.1) is 6.92 Å². The average molecular weight is 380 g/mol. The van der Waals surface area contributed by atoms with E-state index in [1.165, 1.54) is 11.1 Å². The van der Waals surface area contributed by atoms with Gasteiger partial charge in [-0.05, 0) is 60.7 Å². The Morgan fingerprint density at radius 3 is 2.56 bits per heavy atom. The first-order valence-corrected chi connectivity index (χ1v) is 9.10. The lowest BCUT2D eigenvalue weighted by atomic mass is 9.98. The first-order valence-electron chi connectivity index (χ1n) is 8.35. The third-order valence-electron chi connectivity index (χ3n) is 3.89. The summed E-state index contributed by atoms with van der Waals surface area (Å²) < 4.78 is 5.74. The van der Waals surface area contributed by atoms with Gasteiger partial charge in [0, 0.05) is 11.4 Å². The number of ether oxygens (including phenoxy) is 1. The van der Waals surface area contributed by atoms with Crippen LogP contribution < -0.4 is 10.1 Å². The van der Waals surface area contributed by atoms with Gasteiger partial charge in [-0.15, -0.1) is 0 Å². The van der Waals surface area contributed by atoms with Crippen molar-refractivity contribution in [2.24, 2.45) is 0 Å². The highest BCUT2D eigenvalue weighted by atomic mass is 35.5. The van der Waals surface area contributed by atoms with Crippen LogP contribution in [0.5, 0.6) is 5.75 Å². The molecule has 1 amide bonds. The number of carbonyl (C=O) groups is 1. The second-order valence-corrected chi connectivity index (χ2v) is 7.14. The number of anilines is 1. The van der Waals surface area contributed by atoms with Gasteiger partial charge in [-0.25, -0.2) is 0 Å². The highest BCUT2D eigenvalue weighted by Crippen LogP contribution is 2.26. The predicted molar refractivity (Wildman–Crippen MR) is 105 cm³/mol. The van der Waals surface area contributed by atoms with Crippen molar-refractivity contribution in [1.82, 2.24) is 0 Å². The molecule has 5 heteroatoms. The zero-order valence-electron chi connectivity index (χ0n) is 14.7. The molecule has 3 nitrogen and oxygen atoms in total. The van der Waals surface area contributed by atoms with Crippen LogP contribution in [-0.2, 0) is 4.79 Å². The van der Waals surface area contributed by atoms with Crippen molar-refractivity contribution in [3.05, 3.63) is 57.6 Å². The molecule has 0 saturated carbocycles. The minimum Gasteiger partial charge on any atom is -0.494 e. The van der Waals surface area contributed by atoms with Crippen LogP contribution in [0.4, 0.5) is 5.69 Å². The topological polar surface area (TPSA) is 38.3 Å². The van der Waals surface area contributed by atoms with Gasteiger partial charge in [-0.3, -0.25) is 4.79 Å². The lowest BCUT2D eigenvalue weighted by Gasteiger charge is -2.12. The molecule has 2 aromatic rings. The van der Waals surface area contributed by atoms with Gasteiger partial charge in [0.05, 0.1) is 17.3 Å².